The molecule has 2 atom stereocenters. The SMILES string of the molecule is Cc1ccc(C(c2ccn3c(C(F)(F)F)nnc3c2C)C(C)(C)C(=O)OC(C)C(C)(C)C(=O)OCc2cc(Cc3cc(Cl)n4c(C(F)(F)F)nnc4c3C)ccc2C)cc1COC(=O)C(C)(C)C. The van der Waals surface area contributed by atoms with Crippen molar-refractivity contribution in [3.05, 3.63) is 127 Å². The van der Waals surface area contributed by atoms with Gasteiger partial charge in [0.25, 0.3) is 0 Å². The Morgan fingerprint density at radius 2 is 1.21 bits per heavy atom. The van der Waals surface area contributed by atoms with E-state index in [-0.39, 0.29) is 36.1 Å². The Morgan fingerprint density at radius 3 is 1.81 bits per heavy atom. The highest BCUT2D eigenvalue weighted by molar-refractivity contribution is 6.30. The lowest BCUT2D eigenvalue weighted by atomic mass is 9.70. The number of alkyl halides is 6. The van der Waals surface area contributed by atoms with Gasteiger partial charge >= 0.3 is 30.3 Å². The van der Waals surface area contributed by atoms with E-state index in [1.165, 1.54) is 18.3 Å². The molecule has 6 aromatic rings. The topological polar surface area (TPSA) is 139 Å². The molecule has 0 saturated heterocycles. The van der Waals surface area contributed by atoms with Crippen molar-refractivity contribution < 1.29 is 54.9 Å². The van der Waals surface area contributed by atoms with E-state index in [1.54, 1.807) is 87.4 Å². The number of carbonyl (C=O) groups is 3. The van der Waals surface area contributed by atoms with Crippen LogP contribution in [-0.2, 0) is 60.6 Å². The lowest BCUT2D eigenvalue weighted by molar-refractivity contribution is -0.175. The minimum absolute atomic E-state index is 0.0244. The smallest absolute Gasteiger partial charge is 0.452 e. The highest BCUT2D eigenvalue weighted by Crippen LogP contribution is 2.45. The number of aryl methyl sites for hydroxylation is 4. The fraction of sp³-hybridized carbons (Fsp3) is 0.449. The first-order chi connectivity index (χ1) is 31.3. The van der Waals surface area contributed by atoms with Crippen LogP contribution in [0.2, 0.25) is 5.15 Å². The molecular weight excluding hydrogens is 918 g/mol. The van der Waals surface area contributed by atoms with Crippen molar-refractivity contribution in [3.8, 4) is 0 Å². The Kier molecular flexibility index (Phi) is 13.9. The van der Waals surface area contributed by atoms with Gasteiger partial charge in [-0.25, -0.2) is 0 Å². The van der Waals surface area contributed by atoms with E-state index >= 15 is 0 Å². The second-order valence-corrected chi connectivity index (χ2v) is 19.7. The largest absolute Gasteiger partial charge is 0.461 e. The van der Waals surface area contributed by atoms with Gasteiger partial charge in [-0.3, -0.25) is 23.2 Å². The molecule has 0 fully saturated rings. The molecule has 4 aromatic heterocycles. The van der Waals surface area contributed by atoms with E-state index in [0.29, 0.717) is 38.9 Å². The summed E-state index contributed by atoms with van der Waals surface area (Å²) in [6, 6.07) is 13.8. The van der Waals surface area contributed by atoms with Crippen LogP contribution in [0.25, 0.3) is 11.3 Å². The van der Waals surface area contributed by atoms with Crippen LogP contribution < -0.4 is 0 Å². The summed E-state index contributed by atoms with van der Waals surface area (Å²) in [5.74, 6) is -5.16. The number of fused-ring (bicyclic) bond motifs is 2. The van der Waals surface area contributed by atoms with Gasteiger partial charge in [-0.1, -0.05) is 48.0 Å². The first-order valence-electron chi connectivity index (χ1n) is 21.6. The van der Waals surface area contributed by atoms with Gasteiger partial charge in [0.15, 0.2) is 11.3 Å². The lowest BCUT2D eigenvalue weighted by Crippen LogP contribution is -2.43. The van der Waals surface area contributed by atoms with Crippen LogP contribution in [0, 0.1) is 43.9 Å². The average molecular weight is 971 g/mol. The molecular formula is C49H53ClF6N6O6. The van der Waals surface area contributed by atoms with E-state index in [4.69, 9.17) is 25.8 Å². The number of aromatic nitrogens is 6. The van der Waals surface area contributed by atoms with Crippen molar-refractivity contribution in [2.24, 2.45) is 16.2 Å². The maximum atomic E-state index is 14.6. The zero-order valence-electron chi connectivity index (χ0n) is 39.8. The van der Waals surface area contributed by atoms with Crippen LogP contribution >= 0.6 is 11.6 Å². The Hall–Kier alpha value is -6.04. The van der Waals surface area contributed by atoms with Gasteiger partial charge in [0, 0.05) is 12.1 Å². The molecule has 0 bridgehead atoms. The van der Waals surface area contributed by atoms with Crippen LogP contribution in [0.3, 0.4) is 0 Å². The van der Waals surface area contributed by atoms with Gasteiger partial charge < -0.3 is 14.2 Å². The molecule has 0 amide bonds. The minimum Gasteiger partial charge on any atom is -0.461 e. The molecule has 0 spiro atoms. The van der Waals surface area contributed by atoms with Gasteiger partial charge in [-0.2, -0.15) is 26.3 Å². The molecule has 2 unspecified atom stereocenters. The zero-order chi connectivity index (χ0) is 50.6. The summed E-state index contributed by atoms with van der Waals surface area (Å²) in [6.45, 7) is 19.8. The number of ether oxygens (including phenoxy) is 3. The number of rotatable bonds is 13. The third kappa shape index (κ3) is 10.2. The standard InChI is InChI=1S/C49H53ClF6N6O6/c1-25-13-15-30(19-32-22-36(50)62-39(27(32)3)58-60-41(62)49(54,55)56)20-33(25)23-67-43(64)46(9,10)29(5)68-44(65)47(11,12)37(31-16-14-26(2)34(21-31)24-66-42(63)45(6,7)8)35-17-18-61-38(28(35)4)57-59-40(61)48(51,52)53/h13-18,20-22,29,37H,19,23-24H2,1-12H3. The zero-order valence-corrected chi connectivity index (χ0v) is 40.5. The van der Waals surface area contributed by atoms with Crippen LogP contribution in [0.1, 0.15) is 129 Å². The van der Waals surface area contributed by atoms with Gasteiger partial charge in [0.2, 0.25) is 11.6 Å². The van der Waals surface area contributed by atoms with E-state index in [0.717, 1.165) is 25.5 Å². The summed E-state index contributed by atoms with van der Waals surface area (Å²) < 4.78 is 102. The lowest BCUT2D eigenvalue weighted by Gasteiger charge is -2.37. The molecule has 0 saturated carbocycles. The normalized spacial score (nSPS) is 13.8. The minimum atomic E-state index is -4.79. The summed E-state index contributed by atoms with van der Waals surface area (Å²) in [4.78, 5) is 41.2. The molecule has 0 N–H and O–H groups in total. The van der Waals surface area contributed by atoms with Crippen molar-refractivity contribution in [2.75, 3.05) is 0 Å². The van der Waals surface area contributed by atoms with Gasteiger partial charge in [0.05, 0.1) is 16.2 Å². The molecule has 364 valence electrons. The average Bonchev–Trinajstić information content (AvgIpc) is 3.90. The van der Waals surface area contributed by atoms with Gasteiger partial charge in [0.1, 0.15) is 24.5 Å². The van der Waals surface area contributed by atoms with Crippen molar-refractivity contribution in [3.63, 3.8) is 0 Å². The van der Waals surface area contributed by atoms with Crippen LogP contribution in [-0.4, -0.2) is 53.2 Å². The number of halogens is 7. The number of pyridine rings is 2. The molecule has 0 radical (unpaired) electrons. The van der Waals surface area contributed by atoms with Crippen molar-refractivity contribution in [1.82, 2.24) is 29.2 Å². The summed E-state index contributed by atoms with van der Waals surface area (Å²) >= 11 is 6.31. The number of hydrogen-bond acceptors (Lipinski definition) is 10. The monoisotopic (exact) mass is 970 g/mol. The number of benzene rings is 2. The Bertz CT molecular complexity index is 2930. The van der Waals surface area contributed by atoms with Crippen LogP contribution in [0.5, 0.6) is 0 Å². The van der Waals surface area contributed by atoms with E-state index in [9.17, 15) is 40.7 Å². The maximum absolute atomic E-state index is 14.6. The van der Waals surface area contributed by atoms with E-state index in [2.05, 4.69) is 20.4 Å². The third-order valence-corrected chi connectivity index (χ3v) is 12.9. The predicted molar refractivity (Wildman–Crippen MR) is 240 cm³/mol. The quantitative estimate of drug-likeness (QED) is 0.0475. The van der Waals surface area contributed by atoms with Crippen LogP contribution in [0.4, 0.5) is 26.3 Å². The summed E-state index contributed by atoms with van der Waals surface area (Å²) in [5.41, 5.74) is 2.34. The predicted octanol–water partition coefficient (Wildman–Crippen LogP) is 11.2. The van der Waals surface area contributed by atoms with Gasteiger partial charge in [-0.15, -0.1) is 20.4 Å². The van der Waals surface area contributed by atoms with E-state index < -0.39 is 70.2 Å². The molecule has 68 heavy (non-hydrogen) atoms. The number of nitrogens with zero attached hydrogens (tertiary/aromatic N) is 6. The molecule has 4 heterocycles. The molecule has 0 aliphatic heterocycles. The highest BCUT2D eigenvalue weighted by Gasteiger charge is 2.46. The summed E-state index contributed by atoms with van der Waals surface area (Å²) in [5, 5.41) is 14.1. The second kappa shape index (κ2) is 18.5. The molecule has 6 rings (SSSR count). The Morgan fingerprint density at radius 1 is 0.647 bits per heavy atom. The van der Waals surface area contributed by atoms with Crippen molar-refractivity contribution in [1.29, 1.82) is 0 Å². The fourth-order valence-electron chi connectivity index (χ4n) is 7.81. The maximum Gasteiger partial charge on any atom is 0.452 e. The fourth-order valence-corrected chi connectivity index (χ4v) is 8.11. The molecule has 0 aliphatic carbocycles. The van der Waals surface area contributed by atoms with Gasteiger partial charge in [-0.05, 0) is 157 Å². The summed E-state index contributed by atoms with van der Waals surface area (Å²) in [7, 11) is 0. The molecule has 2 aromatic carbocycles. The Labute approximate surface area is 394 Å². The highest BCUT2D eigenvalue weighted by atomic mass is 35.5. The van der Waals surface area contributed by atoms with Crippen molar-refractivity contribution >= 4 is 40.8 Å². The molecule has 19 heteroatoms. The number of carbonyl (C=O) groups excluding carboxylic acids is 3. The van der Waals surface area contributed by atoms with E-state index in [1.807, 2.05) is 32.0 Å². The first-order valence-corrected chi connectivity index (χ1v) is 22.0. The molecule has 0 aliphatic rings. The Balaban J connectivity index is 1.24. The third-order valence-electron chi connectivity index (χ3n) is 12.6. The first kappa shape index (κ1) is 51.4. The number of hydrogen-bond donors (Lipinski definition) is 0. The second-order valence-electron chi connectivity index (χ2n) is 19.4. The number of esters is 3. The van der Waals surface area contributed by atoms with Crippen molar-refractivity contribution in [2.45, 2.75) is 127 Å². The molecule has 12 nitrogen and oxygen atoms in total. The van der Waals surface area contributed by atoms with Crippen LogP contribution in [0.15, 0.2) is 54.7 Å². The summed E-state index contributed by atoms with van der Waals surface area (Å²) in [6.07, 6.45) is -9.14.